The Morgan fingerprint density at radius 1 is 1.36 bits per heavy atom. The Balaban J connectivity index is 2.02. The second-order valence-electron chi connectivity index (χ2n) is 3.19. The van der Waals surface area contributed by atoms with E-state index in [0.717, 1.165) is 5.13 Å². The molecular weight excluding hydrogens is 224 g/mol. The Hall–Kier alpha value is -0.500. The van der Waals surface area contributed by atoms with E-state index in [-0.39, 0.29) is 5.88 Å². The number of thiazole rings is 1. The summed E-state index contributed by atoms with van der Waals surface area (Å²) in [4.78, 5) is 5.89. The summed E-state index contributed by atoms with van der Waals surface area (Å²) < 4.78 is 18.8. The van der Waals surface area contributed by atoms with E-state index in [4.69, 9.17) is 5.11 Å². The van der Waals surface area contributed by atoms with Crippen LogP contribution in [0.4, 0.5) is 5.13 Å². The van der Waals surface area contributed by atoms with Crippen LogP contribution in [0, 0.1) is 0 Å². The topological polar surface area (TPSA) is 76.8 Å². The molecule has 0 atom stereocenters. The molecular formula is C7H12N2O3S2. The van der Waals surface area contributed by atoms with E-state index < -0.39 is 10.6 Å². The predicted molar refractivity (Wildman–Crippen MR) is 58.6 cm³/mol. The molecule has 1 aliphatic heterocycles. The van der Waals surface area contributed by atoms with Gasteiger partial charge in [-0.25, -0.2) is 0 Å². The maximum Gasteiger partial charge on any atom is 0.223 e. The lowest BCUT2D eigenvalue weighted by Crippen LogP contribution is -2.38. The van der Waals surface area contributed by atoms with Crippen LogP contribution in [0.5, 0.6) is 5.88 Å². The highest BCUT2D eigenvalue weighted by atomic mass is 32.3. The lowest BCUT2D eigenvalue weighted by molar-refractivity contribution is 0.457. The first-order valence-corrected chi connectivity index (χ1v) is 6.96. The lowest BCUT2D eigenvalue weighted by atomic mass is 10.5. The normalized spacial score (nSPS) is 23.4. The highest BCUT2D eigenvalue weighted by Gasteiger charge is 2.23. The maximum atomic E-state index is 9.39. The molecule has 2 heterocycles. The van der Waals surface area contributed by atoms with E-state index in [1.54, 1.807) is 5.38 Å². The summed E-state index contributed by atoms with van der Waals surface area (Å²) in [6, 6.07) is 0. The van der Waals surface area contributed by atoms with Crippen LogP contribution in [0.2, 0.25) is 0 Å². The fourth-order valence-electron chi connectivity index (χ4n) is 1.32. The molecule has 3 N–H and O–H groups in total. The molecule has 14 heavy (non-hydrogen) atoms. The standard InChI is InChI=1S/C7H12N2O3S2/c10-6-5-13-7(8-6)9-1-3-14(11,12)4-2-9/h5,10-12H,1-4H2. The first-order valence-electron chi connectivity index (χ1n) is 4.20. The van der Waals surface area contributed by atoms with Gasteiger partial charge in [0.1, 0.15) is 0 Å². The molecule has 5 nitrogen and oxygen atoms in total. The van der Waals surface area contributed by atoms with Gasteiger partial charge in [0.25, 0.3) is 0 Å². The van der Waals surface area contributed by atoms with Crippen LogP contribution in [0.3, 0.4) is 0 Å². The first-order chi connectivity index (χ1) is 6.57. The SMILES string of the molecule is Oc1csc(N2CCS(O)(O)CC2)n1. The summed E-state index contributed by atoms with van der Waals surface area (Å²) in [6.07, 6.45) is 0. The van der Waals surface area contributed by atoms with Crippen molar-refractivity contribution in [1.29, 1.82) is 0 Å². The Kier molecular flexibility index (Phi) is 2.56. The van der Waals surface area contributed by atoms with E-state index in [1.807, 2.05) is 4.90 Å². The molecule has 1 fully saturated rings. The second-order valence-corrected chi connectivity index (χ2v) is 6.44. The van der Waals surface area contributed by atoms with Crippen molar-refractivity contribution in [1.82, 2.24) is 4.98 Å². The van der Waals surface area contributed by atoms with Crippen molar-refractivity contribution in [2.24, 2.45) is 0 Å². The fraction of sp³-hybridized carbons (Fsp3) is 0.571. The monoisotopic (exact) mass is 236 g/mol. The molecule has 0 radical (unpaired) electrons. The number of hydrogen-bond acceptors (Lipinski definition) is 6. The molecule has 1 aliphatic rings. The molecule has 7 heteroatoms. The van der Waals surface area contributed by atoms with Crippen LogP contribution < -0.4 is 4.90 Å². The fourth-order valence-corrected chi connectivity index (χ4v) is 3.29. The average Bonchev–Trinajstić information content (AvgIpc) is 2.52. The van der Waals surface area contributed by atoms with Crippen molar-refractivity contribution in [2.75, 3.05) is 29.5 Å². The molecule has 1 saturated heterocycles. The second kappa shape index (κ2) is 3.58. The molecule has 0 bridgehead atoms. The Morgan fingerprint density at radius 2 is 2.00 bits per heavy atom. The van der Waals surface area contributed by atoms with Crippen molar-refractivity contribution in [3.05, 3.63) is 5.38 Å². The number of nitrogens with zero attached hydrogens (tertiary/aromatic N) is 2. The molecule has 0 aliphatic carbocycles. The van der Waals surface area contributed by atoms with Gasteiger partial charge in [-0.15, -0.1) is 11.3 Å². The van der Waals surface area contributed by atoms with Crippen molar-refractivity contribution >= 4 is 27.1 Å². The van der Waals surface area contributed by atoms with Crippen LogP contribution in [-0.2, 0) is 0 Å². The number of aromatic hydroxyl groups is 1. The van der Waals surface area contributed by atoms with Gasteiger partial charge in [-0.05, 0) is 0 Å². The quantitative estimate of drug-likeness (QED) is 0.687. The molecule has 1 aromatic rings. The zero-order chi connectivity index (χ0) is 10.2. The minimum atomic E-state index is -2.34. The number of anilines is 1. The van der Waals surface area contributed by atoms with E-state index in [2.05, 4.69) is 4.98 Å². The van der Waals surface area contributed by atoms with E-state index in [9.17, 15) is 9.11 Å². The van der Waals surface area contributed by atoms with Crippen LogP contribution in [0.25, 0.3) is 0 Å². The lowest BCUT2D eigenvalue weighted by Gasteiger charge is -2.40. The highest BCUT2D eigenvalue weighted by Crippen LogP contribution is 2.41. The molecule has 1 aromatic heterocycles. The number of rotatable bonds is 1. The van der Waals surface area contributed by atoms with Crippen molar-refractivity contribution < 1.29 is 14.2 Å². The van der Waals surface area contributed by atoms with Gasteiger partial charge in [0.15, 0.2) is 5.13 Å². The predicted octanol–water partition coefficient (Wildman–Crippen LogP) is 1.42. The van der Waals surface area contributed by atoms with Gasteiger partial charge < -0.3 is 10.0 Å². The molecule has 0 saturated carbocycles. The van der Waals surface area contributed by atoms with Crippen LogP contribution in [0.1, 0.15) is 0 Å². The van der Waals surface area contributed by atoms with Gasteiger partial charge in [0.05, 0.1) is 16.9 Å². The Labute approximate surface area is 87.4 Å². The molecule has 2 rings (SSSR count). The maximum absolute atomic E-state index is 9.39. The largest absolute Gasteiger partial charge is 0.493 e. The van der Waals surface area contributed by atoms with Gasteiger partial charge in [-0.1, -0.05) is 0 Å². The van der Waals surface area contributed by atoms with Crippen LogP contribution in [-0.4, -0.2) is 43.8 Å². The van der Waals surface area contributed by atoms with Gasteiger partial charge >= 0.3 is 0 Å². The number of aromatic nitrogens is 1. The Bertz CT molecular complexity index is 318. The summed E-state index contributed by atoms with van der Waals surface area (Å²) in [5.41, 5.74) is 0. The third-order valence-electron chi connectivity index (χ3n) is 2.13. The van der Waals surface area contributed by atoms with E-state index in [1.165, 1.54) is 11.3 Å². The molecule has 0 aromatic carbocycles. The van der Waals surface area contributed by atoms with Crippen LogP contribution in [0.15, 0.2) is 5.38 Å². The van der Waals surface area contributed by atoms with Gasteiger partial charge in [-0.2, -0.15) is 15.6 Å². The third kappa shape index (κ3) is 2.11. The average molecular weight is 236 g/mol. The van der Waals surface area contributed by atoms with Crippen LogP contribution >= 0.6 is 21.9 Å². The van der Waals surface area contributed by atoms with Gasteiger partial charge in [0.2, 0.25) is 5.88 Å². The van der Waals surface area contributed by atoms with Crippen molar-refractivity contribution in [2.45, 2.75) is 0 Å². The minimum absolute atomic E-state index is 0.0298. The molecule has 0 unspecified atom stereocenters. The summed E-state index contributed by atoms with van der Waals surface area (Å²) >= 11 is 1.37. The van der Waals surface area contributed by atoms with Gasteiger partial charge in [-0.3, -0.25) is 9.11 Å². The molecule has 0 spiro atoms. The van der Waals surface area contributed by atoms with Crippen molar-refractivity contribution in [3.63, 3.8) is 0 Å². The first kappa shape index (κ1) is 10.0. The van der Waals surface area contributed by atoms with Crippen molar-refractivity contribution in [3.8, 4) is 5.88 Å². The molecule has 80 valence electrons. The molecule has 0 amide bonds. The summed E-state index contributed by atoms with van der Waals surface area (Å²) in [5.74, 6) is 0.822. The zero-order valence-electron chi connectivity index (χ0n) is 7.46. The summed E-state index contributed by atoms with van der Waals surface area (Å²) in [5, 5.41) is 11.4. The highest BCUT2D eigenvalue weighted by molar-refractivity contribution is 8.24. The summed E-state index contributed by atoms with van der Waals surface area (Å²) in [7, 11) is -2.34. The minimum Gasteiger partial charge on any atom is -0.493 e. The van der Waals surface area contributed by atoms with Gasteiger partial charge in [0, 0.05) is 13.1 Å². The number of hydrogen-bond donors (Lipinski definition) is 3. The smallest absolute Gasteiger partial charge is 0.223 e. The zero-order valence-corrected chi connectivity index (χ0v) is 9.09. The van der Waals surface area contributed by atoms with E-state index >= 15 is 0 Å². The Morgan fingerprint density at radius 3 is 2.50 bits per heavy atom. The third-order valence-corrected chi connectivity index (χ3v) is 4.69. The summed E-state index contributed by atoms with van der Waals surface area (Å²) in [6.45, 7) is 1.19. The van der Waals surface area contributed by atoms with E-state index in [0.29, 0.717) is 24.6 Å².